The predicted octanol–water partition coefficient (Wildman–Crippen LogP) is 3.77. The van der Waals surface area contributed by atoms with Gasteiger partial charge in [-0.3, -0.25) is 0 Å². The molecule has 0 spiro atoms. The Morgan fingerprint density at radius 2 is 2.05 bits per heavy atom. The highest BCUT2D eigenvalue weighted by molar-refractivity contribution is 5.87. The minimum atomic E-state index is -0.260. The molecule has 0 aromatic rings. The summed E-state index contributed by atoms with van der Waals surface area (Å²) in [6.45, 7) is 9.91. The van der Waals surface area contributed by atoms with E-state index in [0.29, 0.717) is 23.3 Å². The normalized spacial score (nSPS) is 43.2. The number of carbonyl (C=O) groups excluding carboxylic acids is 1. The predicted molar refractivity (Wildman–Crippen MR) is 75.2 cm³/mol. The molecule has 4 rings (SSSR count). The largest absolute Gasteiger partial charge is 0.450 e. The molecule has 19 heavy (non-hydrogen) atoms. The third kappa shape index (κ3) is 1.83. The van der Waals surface area contributed by atoms with Crippen LogP contribution in [0.25, 0.3) is 0 Å². The molecule has 4 saturated carbocycles. The molecule has 104 valence electrons. The van der Waals surface area contributed by atoms with E-state index in [1.807, 2.05) is 0 Å². The van der Waals surface area contributed by atoms with E-state index in [1.165, 1.54) is 25.7 Å². The molecule has 4 aliphatic carbocycles. The van der Waals surface area contributed by atoms with E-state index in [9.17, 15) is 4.79 Å². The van der Waals surface area contributed by atoms with Crippen molar-refractivity contribution in [3.05, 3.63) is 18.6 Å². The minimum Gasteiger partial charge on any atom is -0.450 e. The SMILES string of the molecule is C=C(C)C(=O)OC1(C(C)C)C2[CH+]C3CC(C2)CC1C3. The van der Waals surface area contributed by atoms with Gasteiger partial charge in [0.15, 0.2) is 5.60 Å². The maximum Gasteiger partial charge on any atom is 0.333 e. The molecule has 0 aliphatic heterocycles. The van der Waals surface area contributed by atoms with E-state index >= 15 is 0 Å². The van der Waals surface area contributed by atoms with Crippen molar-refractivity contribution in [2.75, 3.05) is 0 Å². The Balaban J connectivity index is 1.92. The molecule has 5 atom stereocenters. The van der Waals surface area contributed by atoms with Gasteiger partial charge in [-0.2, -0.15) is 0 Å². The summed E-state index contributed by atoms with van der Waals surface area (Å²) in [4.78, 5) is 12.1. The summed E-state index contributed by atoms with van der Waals surface area (Å²) in [6.07, 6.45) is 7.55. The van der Waals surface area contributed by atoms with Crippen LogP contribution in [-0.4, -0.2) is 11.6 Å². The Bertz CT molecular complexity index is 379. The minimum absolute atomic E-state index is 0.199. The monoisotopic (exact) mass is 261 g/mol. The summed E-state index contributed by atoms with van der Waals surface area (Å²) in [7, 11) is 0. The smallest absolute Gasteiger partial charge is 0.333 e. The number of carbonyl (C=O) groups is 1. The van der Waals surface area contributed by atoms with Crippen LogP contribution in [0.15, 0.2) is 12.2 Å². The summed E-state index contributed by atoms with van der Waals surface area (Å²) in [6, 6.07) is 0. The van der Waals surface area contributed by atoms with Gasteiger partial charge >= 0.3 is 5.97 Å². The molecule has 0 aromatic carbocycles. The van der Waals surface area contributed by atoms with E-state index in [2.05, 4.69) is 26.8 Å². The van der Waals surface area contributed by atoms with Crippen LogP contribution in [0.3, 0.4) is 0 Å². The first kappa shape index (κ1) is 13.1. The summed E-state index contributed by atoms with van der Waals surface area (Å²) < 4.78 is 6.07. The van der Waals surface area contributed by atoms with Crippen molar-refractivity contribution in [2.24, 2.45) is 29.6 Å². The van der Waals surface area contributed by atoms with Gasteiger partial charge in [-0.15, -0.1) is 0 Å². The zero-order chi connectivity index (χ0) is 13.8. The van der Waals surface area contributed by atoms with Crippen molar-refractivity contribution in [1.29, 1.82) is 0 Å². The van der Waals surface area contributed by atoms with Crippen molar-refractivity contribution >= 4 is 5.97 Å². The van der Waals surface area contributed by atoms with Crippen molar-refractivity contribution < 1.29 is 9.53 Å². The van der Waals surface area contributed by atoms with Gasteiger partial charge in [-0.1, -0.05) is 20.4 Å². The fourth-order valence-corrected chi connectivity index (χ4v) is 5.03. The van der Waals surface area contributed by atoms with Gasteiger partial charge in [-0.05, 0) is 44.4 Å². The van der Waals surface area contributed by atoms with Gasteiger partial charge in [0.1, 0.15) is 5.92 Å². The molecule has 0 saturated heterocycles. The molecule has 4 bridgehead atoms. The molecule has 5 unspecified atom stereocenters. The van der Waals surface area contributed by atoms with Crippen molar-refractivity contribution in [1.82, 2.24) is 0 Å². The Hall–Kier alpha value is -0.920. The molecule has 0 heterocycles. The van der Waals surface area contributed by atoms with Gasteiger partial charge < -0.3 is 4.74 Å². The fourth-order valence-electron chi connectivity index (χ4n) is 5.03. The number of hydrogen-bond donors (Lipinski definition) is 0. The summed E-state index contributed by atoms with van der Waals surface area (Å²) >= 11 is 0. The topological polar surface area (TPSA) is 26.3 Å². The Labute approximate surface area is 116 Å². The molecule has 0 amide bonds. The molecule has 0 aromatic heterocycles. The lowest BCUT2D eigenvalue weighted by Gasteiger charge is -2.57. The zero-order valence-corrected chi connectivity index (χ0v) is 12.3. The fraction of sp³-hybridized carbons (Fsp3) is 0.765. The second kappa shape index (κ2) is 4.29. The summed E-state index contributed by atoms with van der Waals surface area (Å²) in [5.41, 5.74) is 0.262. The molecule has 2 heteroatoms. The number of ether oxygens (including phenoxy) is 1. The van der Waals surface area contributed by atoms with Gasteiger partial charge in [0.2, 0.25) is 0 Å². The van der Waals surface area contributed by atoms with E-state index in [4.69, 9.17) is 4.74 Å². The standard InChI is InChI=1S/C17H25O2/c1-10(2)16(18)19-17(11(3)4)14-6-12-5-13(8-14)9-15(17)7-12/h6,11-15H,1,5,7-9H2,2-4H3/q+1. The van der Waals surface area contributed by atoms with Crippen LogP contribution in [0.5, 0.6) is 0 Å². The lowest BCUT2D eigenvalue weighted by Crippen LogP contribution is -2.62. The quantitative estimate of drug-likeness (QED) is 0.439. The lowest BCUT2D eigenvalue weighted by molar-refractivity contribution is -0.208. The van der Waals surface area contributed by atoms with E-state index in [0.717, 1.165) is 11.8 Å². The van der Waals surface area contributed by atoms with Crippen molar-refractivity contribution in [3.8, 4) is 0 Å². The van der Waals surface area contributed by atoms with E-state index in [-0.39, 0.29) is 11.6 Å². The van der Waals surface area contributed by atoms with Gasteiger partial charge in [0, 0.05) is 11.5 Å². The Kier molecular flexibility index (Phi) is 2.95. The molecular weight excluding hydrogens is 236 g/mol. The number of esters is 1. The van der Waals surface area contributed by atoms with Crippen molar-refractivity contribution in [2.45, 2.75) is 52.1 Å². The Morgan fingerprint density at radius 3 is 2.58 bits per heavy atom. The highest BCUT2D eigenvalue weighted by atomic mass is 16.6. The van der Waals surface area contributed by atoms with Crippen LogP contribution >= 0.6 is 0 Å². The average Bonchev–Trinajstić information content (AvgIpc) is 2.32. The van der Waals surface area contributed by atoms with Crippen LogP contribution in [0, 0.1) is 36.0 Å². The summed E-state index contributed by atoms with van der Waals surface area (Å²) in [5, 5.41) is 0. The first-order chi connectivity index (χ1) is 8.93. The maximum absolute atomic E-state index is 12.1. The molecule has 4 fully saturated rings. The first-order valence-electron chi connectivity index (χ1n) is 7.67. The zero-order valence-electron chi connectivity index (χ0n) is 12.3. The third-order valence-electron chi connectivity index (χ3n) is 5.67. The average molecular weight is 261 g/mol. The highest BCUT2D eigenvalue weighted by Crippen LogP contribution is 2.61. The van der Waals surface area contributed by atoms with Crippen molar-refractivity contribution in [3.63, 3.8) is 0 Å². The van der Waals surface area contributed by atoms with Crippen LogP contribution in [0.4, 0.5) is 0 Å². The van der Waals surface area contributed by atoms with Gasteiger partial charge in [0.05, 0.1) is 12.3 Å². The van der Waals surface area contributed by atoms with Crippen LogP contribution in [0.2, 0.25) is 0 Å². The Morgan fingerprint density at radius 1 is 1.32 bits per heavy atom. The summed E-state index contributed by atoms with van der Waals surface area (Å²) in [5.74, 6) is 2.85. The lowest BCUT2D eigenvalue weighted by atomic mass is 9.47. The van der Waals surface area contributed by atoms with Crippen LogP contribution in [-0.2, 0) is 9.53 Å². The molecule has 0 radical (unpaired) electrons. The van der Waals surface area contributed by atoms with Gasteiger partial charge in [0.25, 0.3) is 0 Å². The number of rotatable bonds is 3. The third-order valence-corrected chi connectivity index (χ3v) is 5.67. The number of hydrogen-bond acceptors (Lipinski definition) is 2. The van der Waals surface area contributed by atoms with E-state index in [1.54, 1.807) is 6.92 Å². The van der Waals surface area contributed by atoms with Crippen LogP contribution < -0.4 is 0 Å². The molecule has 0 N–H and O–H groups in total. The molecular formula is C17H25O2+. The molecule has 2 nitrogen and oxygen atoms in total. The second-order valence-corrected chi connectivity index (χ2v) is 7.24. The van der Waals surface area contributed by atoms with Crippen LogP contribution in [0.1, 0.15) is 46.5 Å². The second-order valence-electron chi connectivity index (χ2n) is 7.24. The van der Waals surface area contributed by atoms with Gasteiger partial charge in [-0.25, -0.2) is 4.79 Å². The molecule has 4 aliphatic rings. The maximum atomic E-state index is 12.1. The highest BCUT2D eigenvalue weighted by Gasteiger charge is 2.66. The first-order valence-corrected chi connectivity index (χ1v) is 7.67. The van der Waals surface area contributed by atoms with E-state index < -0.39 is 0 Å².